The van der Waals surface area contributed by atoms with Crippen LogP contribution in [0.1, 0.15) is 36.2 Å². The van der Waals surface area contributed by atoms with Crippen molar-refractivity contribution in [1.29, 1.82) is 0 Å². The zero-order valence-corrected chi connectivity index (χ0v) is 17.3. The van der Waals surface area contributed by atoms with Crippen molar-refractivity contribution in [3.63, 3.8) is 0 Å². The van der Waals surface area contributed by atoms with Crippen molar-refractivity contribution in [2.45, 2.75) is 44.8 Å². The predicted molar refractivity (Wildman–Crippen MR) is 116 cm³/mol. The third-order valence-electron chi connectivity index (χ3n) is 6.74. The van der Waals surface area contributed by atoms with E-state index < -0.39 is 0 Å². The fourth-order valence-corrected chi connectivity index (χ4v) is 5.06. The van der Waals surface area contributed by atoms with Crippen molar-refractivity contribution in [2.75, 3.05) is 19.7 Å². The number of piperidine rings is 1. The summed E-state index contributed by atoms with van der Waals surface area (Å²) in [5.74, 6) is 0.104. The summed E-state index contributed by atoms with van der Waals surface area (Å²) in [5.41, 5.74) is 4.24. The van der Waals surface area contributed by atoms with E-state index >= 15 is 0 Å². The second kappa shape index (κ2) is 7.43. The maximum atomic E-state index is 12.8. The Kier molecular flexibility index (Phi) is 4.74. The molecule has 1 aromatic carbocycles. The molecule has 1 N–H and O–H groups in total. The number of nitrogens with one attached hydrogen (secondary N) is 1. The number of aromatic amines is 1. The zero-order valence-electron chi connectivity index (χ0n) is 17.3. The first-order valence-electron chi connectivity index (χ1n) is 10.8. The average molecular weight is 405 g/mol. The molecular weight excluding hydrogens is 378 g/mol. The molecule has 1 spiro atoms. The number of carbonyl (C=O) groups excluding carboxylic acids is 1. The molecule has 2 aromatic heterocycles. The lowest BCUT2D eigenvalue weighted by Crippen LogP contribution is -2.48. The molecule has 156 valence electrons. The van der Waals surface area contributed by atoms with Gasteiger partial charge in [-0.2, -0.15) is 0 Å². The minimum absolute atomic E-state index is 0.0534. The van der Waals surface area contributed by atoms with Crippen LogP contribution in [0.3, 0.4) is 0 Å². The molecule has 6 nitrogen and oxygen atoms in total. The number of rotatable bonds is 3. The second-order valence-electron chi connectivity index (χ2n) is 8.40. The molecule has 4 heterocycles. The van der Waals surface area contributed by atoms with Crippen molar-refractivity contribution in [3.05, 3.63) is 69.8 Å². The van der Waals surface area contributed by atoms with E-state index in [0.717, 1.165) is 37.1 Å². The molecule has 1 saturated heterocycles. The lowest BCUT2D eigenvalue weighted by Gasteiger charge is -2.43. The molecule has 0 radical (unpaired) electrons. The van der Waals surface area contributed by atoms with Crippen LogP contribution >= 0.6 is 0 Å². The number of aryl methyl sites for hydroxylation is 1. The van der Waals surface area contributed by atoms with Gasteiger partial charge in [0, 0.05) is 48.7 Å². The summed E-state index contributed by atoms with van der Waals surface area (Å²) in [4.78, 5) is 30.4. The normalized spacial score (nSPS) is 18.0. The van der Waals surface area contributed by atoms with E-state index in [1.165, 1.54) is 16.6 Å². The fraction of sp³-hybridized carbons (Fsp3) is 0.417. The number of H-pyrrole nitrogens is 1. The number of para-hydroxylation sites is 1. The lowest BCUT2D eigenvalue weighted by molar-refractivity contribution is -0.141. The summed E-state index contributed by atoms with van der Waals surface area (Å²) in [6.07, 6.45) is 2.86. The fourth-order valence-electron chi connectivity index (χ4n) is 5.06. The number of aromatic nitrogens is 2. The van der Waals surface area contributed by atoms with Crippen molar-refractivity contribution < 1.29 is 9.53 Å². The van der Waals surface area contributed by atoms with Crippen molar-refractivity contribution in [2.24, 2.45) is 0 Å². The number of carbonyl (C=O) groups is 1. The Labute approximate surface area is 175 Å². The molecule has 1 amide bonds. The smallest absolute Gasteiger partial charge is 0.250 e. The summed E-state index contributed by atoms with van der Waals surface area (Å²) >= 11 is 0. The van der Waals surface area contributed by atoms with E-state index in [1.54, 1.807) is 16.7 Å². The molecule has 3 aromatic rings. The highest BCUT2D eigenvalue weighted by Crippen LogP contribution is 2.43. The van der Waals surface area contributed by atoms with Gasteiger partial charge in [0.25, 0.3) is 5.56 Å². The first-order chi connectivity index (χ1) is 14.6. The topological polar surface area (TPSA) is 67.3 Å². The molecule has 2 aliphatic rings. The Morgan fingerprint density at radius 2 is 1.93 bits per heavy atom. The van der Waals surface area contributed by atoms with Crippen LogP contribution in [0.25, 0.3) is 10.9 Å². The second-order valence-corrected chi connectivity index (χ2v) is 8.40. The van der Waals surface area contributed by atoms with Crippen LogP contribution in [-0.2, 0) is 28.1 Å². The highest BCUT2D eigenvalue weighted by atomic mass is 16.5. The van der Waals surface area contributed by atoms with Gasteiger partial charge in [-0.25, -0.2) is 0 Å². The van der Waals surface area contributed by atoms with Gasteiger partial charge in [-0.05, 0) is 43.9 Å². The van der Waals surface area contributed by atoms with Gasteiger partial charge in [-0.3, -0.25) is 9.59 Å². The van der Waals surface area contributed by atoms with Gasteiger partial charge in [0.05, 0.1) is 12.3 Å². The maximum absolute atomic E-state index is 12.8. The third kappa shape index (κ3) is 3.16. The number of benzene rings is 1. The number of nitrogens with zero attached hydrogens (tertiary/aromatic N) is 2. The molecule has 0 unspecified atom stereocenters. The summed E-state index contributed by atoms with van der Waals surface area (Å²) < 4.78 is 8.01. The molecule has 1 fully saturated rings. The lowest BCUT2D eigenvalue weighted by atomic mass is 9.83. The number of ether oxygens (including phenoxy) is 1. The van der Waals surface area contributed by atoms with Crippen LogP contribution < -0.4 is 5.56 Å². The summed E-state index contributed by atoms with van der Waals surface area (Å²) in [6, 6.07) is 13.6. The van der Waals surface area contributed by atoms with E-state index in [1.807, 2.05) is 17.9 Å². The van der Waals surface area contributed by atoms with Crippen LogP contribution in [0.2, 0.25) is 0 Å². The van der Waals surface area contributed by atoms with Gasteiger partial charge in [0.15, 0.2) is 0 Å². The van der Waals surface area contributed by atoms with E-state index in [-0.39, 0.29) is 17.1 Å². The molecule has 0 bridgehead atoms. The zero-order chi connectivity index (χ0) is 20.7. The standard InChI is InChI=1S/C24H27N3O3/c1-17-5-4-8-22(29)27(17)13-9-21(28)26-14-11-24(12-15-26)23-19(10-16-30-24)18-6-2-3-7-20(18)25-23/h2-8,25H,9-16H2,1H3. The van der Waals surface area contributed by atoms with Crippen LogP contribution in [-0.4, -0.2) is 40.1 Å². The molecule has 6 heteroatoms. The monoisotopic (exact) mass is 405 g/mol. The average Bonchev–Trinajstić information content (AvgIpc) is 3.14. The van der Waals surface area contributed by atoms with Gasteiger partial charge >= 0.3 is 0 Å². The Hall–Kier alpha value is -2.86. The number of hydrogen-bond acceptors (Lipinski definition) is 3. The number of likely N-dealkylation sites (tertiary alicyclic amines) is 1. The molecule has 0 atom stereocenters. The summed E-state index contributed by atoms with van der Waals surface area (Å²) in [6.45, 7) is 4.40. The first kappa shape index (κ1) is 19.1. The summed E-state index contributed by atoms with van der Waals surface area (Å²) in [7, 11) is 0. The van der Waals surface area contributed by atoms with Gasteiger partial charge < -0.3 is 19.2 Å². The van der Waals surface area contributed by atoms with Crippen LogP contribution in [0, 0.1) is 6.92 Å². The molecule has 5 rings (SSSR count). The first-order valence-corrected chi connectivity index (χ1v) is 10.8. The SMILES string of the molecule is Cc1cccc(=O)n1CCC(=O)N1CCC2(CC1)OCCc1c2[nH]c2ccccc12. The van der Waals surface area contributed by atoms with E-state index in [2.05, 4.69) is 29.2 Å². The molecule has 2 aliphatic heterocycles. The number of amides is 1. The number of hydrogen-bond donors (Lipinski definition) is 1. The van der Waals surface area contributed by atoms with Crippen LogP contribution in [0.15, 0.2) is 47.3 Å². The van der Waals surface area contributed by atoms with Crippen LogP contribution in [0.4, 0.5) is 0 Å². The Bertz CT molecular complexity index is 1150. The van der Waals surface area contributed by atoms with E-state index in [9.17, 15) is 9.59 Å². The Morgan fingerprint density at radius 1 is 1.13 bits per heavy atom. The third-order valence-corrected chi connectivity index (χ3v) is 6.74. The molecule has 0 saturated carbocycles. The highest BCUT2D eigenvalue weighted by Gasteiger charge is 2.43. The minimum atomic E-state index is -0.323. The number of pyridine rings is 1. The molecule has 30 heavy (non-hydrogen) atoms. The van der Waals surface area contributed by atoms with Gasteiger partial charge in [0.1, 0.15) is 5.60 Å². The highest BCUT2D eigenvalue weighted by molar-refractivity contribution is 5.85. The largest absolute Gasteiger partial charge is 0.368 e. The van der Waals surface area contributed by atoms with E-state index in [4.69, 9.17) is 4.74 Å². The molecular formula is C24H27N3O3. The van der Waals surface area contributed by atoms with Gasteiger partial charge in [0.2, 0.25) is 5.91 Å². The predicted octanol–water partition coefficient (Wildman–Crippen LogP) is 3.12. The maximum Gasteiger partial charge on any atom is 0.250 e. The summed E-state index contributed by atoms with van der Waals surface area (Å²) in [5, 5.41) is 1.29. The van der Waals surface area contributed by atoms with Crippen molar-refractivity contribution >= 4 is 16.8 Å². The Morgan fingerprint density at radius 3 is 2.73 bits per heavy atom. The van der Waals surface area contributed by atoms with Crippen LogP contribution in [0.5, 0.6) is 0 Å². The molecule has 0 aliphatic carbocycles. The number of fused-ring (bicyclic) bond motifs is 4. The Balaban J connectivity index is 1.29. The van der Waals surface area contributed by atoms with E-state index in [0.29, 0.717) is 26.1 Å². The van der Waals surface area contributed by atoms with Crippen molar-refractivity contribution in [3.8, 4) is 0 Å². The van der Waals surface area contributed by atoms with Gasteiger partial charge in [-0.15, -0.1) is 0 Å². The quantitative estimate of drug-likeness (QED) is 0.728. The van der Waals surface area contributed by atoms with Crippen molar-refractivity contribution in [1.82, 2.24) is 14.5 Å². The minimum Gasteiger partial charge on any atom is -0.368 e. The van der Waals surface area contributed by atoms with Gasteiger partial charge in [-0.1, -0.05) is 24.3 Å².